The number of aromatic nitrogens is 1. The standard InChI is InChI=1S/C13H20BrN3O/c1-9-12(3-4-18-9)17(2)13(6-15)10-5-11(14)8-16-7-10/h5,7-9,12-13H,3-4,6,15H2,1-2H3. The molecule has 1 fully saturated rings. The van der Waals surface area contributed by atoms with E-state index in [9.17, 15) is 0 Å². The van der Waals surface area contributed by atoms with E-state index >= 15 is 0 Å². The van der Waals surface area contributed by atoms with Crippen LogP contribution >= 0.6 is 15.9 Å². The smallest absolute Gasteiger partial charge is 0.0703 e. The minimum Gasteiger partial charge on any atom is -0.377 e. The average Bonchev–Trinajstić information content (AvgIpc) is 2.76. The van der Waals surface area contributed by atoms with Crippen LogP contribution in [-0.2, 0) is 4.74 Å². The van der Waals surface area contributed by atoms with Gasteiger partial charge in [-0.2, -0.15) is 0 Å². The second-order valence-electron chi connectivity index (χ2n) is 4.79. The van der Waals surface area contributed by atoms with E-state index < -0.39 is 0 Å². The number of ether oxygens (including phenoxy) is 1. The first-order chi connectivity index (χ1) is 8.63. The van der Waals surface area contributed by atoms with E-state index in [4.69, 9.17) is 10.5 Å². The van der Waals surface area contributed by atoms with Crippen LogP contribution in [0.5, 0.6) is 0 Å². The molecule has 2 N–H and O–H groups in total. The molecule has 2 rings (SSSR count). The first kappa shape index (κ1) is 13.9. The Morgan fingerprint density at radius 2 is 2.39 bits per heavy atom. The second-order valence-corrected chi connectivity index (χ2v) is 5.70. The van der Waals surface area contributed by atoms with Crippen molar-refractivity contribution in [2.75, 3.05) is 20.2 Å². The molecule has 1 saturated heterocycles. The molecular weight excluding hydrogens is 294 g/mol. The Kier molecular flexibility index (Phi) is 4.72. The molecule has 3 atom stereocenters. The highest BCUT2D eigenvalue weighted by atomic mass is 79.9. The van der Waals surface area contributed by atoms with Gasteiger partial charge in [-0.15, -0.1) is 0 Å². The molecule has 0 amide bonds. The highest BCUT2D eigenvalue weighted by molar-refractivity contribution is 9.10. The maximum absolute atomic E-state index is 5.94. The summed E-state index contributed by atoms with van der Waals surface area (Å²) in [5, 5.41) is 0. The molecule has 1 aromatic heterocycles. The molecule has 100 valence electrons. The number of pyridine rings is 1. The predicted octanol–water partition coefficient (Wildman–Crippen LogP) is 1.95. The SMILES string of the molecule is CC1OCCC1N(C)C(CN)c1cncc(Br)c1. The summed E-state index contributed by atoms with van der Waals surface area (Å²) in [6.45, 7) is 3.54. The van der Waals surface area contributed by atoms with Crippen molar-refractivity contribution in [3.63, 3.8) is 0 Å². The zero-order valence-corrected chi connectivity index (χ0v) is 12.4. The van der Waals surface area contributed by atoms with E-state index in [0.29, 0.717) is 12.6 Å². The molecule has 18 heavy (non-hydrogen) atoms. The summed E-state index contributed by atoms with van der Waals surface area (Å²) in [5.74, 6) is 0. The summed E-state index contributed by atoms with van der Waals surface area (Å²) >= 11 is 3.46. The van der Waals surface area contributed by atoms with Crippen LogP contribution in [0.3, 0.4) is 0 Å². The molecule has 0 saturated carbocycles. The van der Waals surface area contributed by atoms with Crippen molar-refractivity contribution < 1.29 is 4.74 Å². The molecule has 5 heteroatoms. The minimum absolute atomic E-state index is 0.184. The topological polar surface area (TPSA) is 51.4 Å². The van der Waals surface area contributed by atoms with Gasteiger partial charge in [-0.05, 0) is 48.0 Å². The lowest BCUT2D eigenvalue weighted by Crippen LogP contribution is -2.42. The third-order valence-electron chi connectivity index (χ3n) is 3.69. The third-order valence-corrected chi connectivity index (χ3v) is 4.12. The number of rotatable bonds is 4. The van der Waals surface area contributed by atoms with Crippen molar-refractivity contribution in [2.45, 2.75) is 31.5 Å². The van der Waals surface area contributed by atoms with Gasteiger partial charge in [0.15, 0.2) is 0 Å². The number of nitrogens with two attached hydrogens (primary N) is 1. The van der Waals surface area contributed by atoms with Crippen LogP contribution in [0.2, 0.25) is 0 Å². The summed E-state index contributed by atoms with van der Waals surface area (Å²) < 4.78 is 6.62. The van der Waals surface area contributed by atoms with Crippen LogP contribution in [0.4, 0.5) is 0 Å². The Balaban J connectivity index is 2.17. The Labute approximate surface area is 117 Å². The number of halogens is 1. The maximum atomic E-state index is 5.94. The van der Waals surface area contributed by atoms with Gasteiger partial charge in [-0.3, -0.25) is 9.88 Å². The Bertz CT molecular complexity index is 402. The highest BCUT2D eigenvalue weighted by Gasteiger charge is 2.31. The van der Waals surface area contributed by atoms with Crippen LogP contribution in [-0.4, -0.2) is 42.2 Å². The Morgan fingerprint density at radius 3 is 2.94 bits per heavy atom. The fraction of sp³-hybridized carbons (Fsp3) is 0.615. The molecule has 1 aliphatic heterocycles. The molecule has 4 nitrogen and oxygen atoms in total. The lowest BCUT2D eigenvalue weighted by atomic mass is 10.0. The molecule has 1 aromatic rings. The normalized spacial score (nSPS) is 25.6. The number of nitrogens with zero attached hydrogens (tertiary/aromatic N) is 2. The first-order valence-corrected chi connectivity index (χ1v) is 7.07. The van der Waals surface area contributed by atoms with Crippen molar-refractivity contribution in [2.24, 2.45) is 5.73 Å². The number of likely N-dealkylation sites (N-methyl/N-ethyl adjacent to an activating group) is 1. The zero-order valence-electron chi connectivity index (χ0n) is 10.8. The molecule has 0 aromatic carbocycles. The van der Waals surface area contributed by atoms with E-state index in [0.717, 1.165) is 23.1 Å². The molecule has 0 radical (unpaired) electrons. The third kappa shape index (κ3) is 2.91. The second kappa shape index (κ2) is 6.10. The van der Waals surface area contributed by atoms with E-state index in [1.54, 1.807) is 6.20 Å². The van der Waals surface area contributed by atoms with Gasteiger partial charge in [-0.25, -0.2) is 0 Å². The largest absolute Gasteiger partial charge is 0.377 e. The number of hydrogen-bond donors (Lipinski definition) is 1. The fourth-order valence-corrected chi connectivity index (χ4v) is 3.02. The quantitative estimate of drug-likeness (QED) is 0.923. The Hall–Kier alpha value is -0.490. The Morgan fingerprint density at radius 1 is 1.61 bits per heavy atom. The maximum Gasteiger partial charge on any atom is 0.0703 e. The molecule has 1 aliphatic rings. The van der Waals surface area contributed by atoms with Gasteiger partial charge in [0.05, 0.1) is 6.10 Å². The average molecular weight is 314 g/mol. The summed E-state index contributed by atoms with van der Waals surface area (Å²) in [6.07, 6.45) is 5.01. The summed E-state index contributed by atoms with van der Waals surface area (Å²) in [4.78, 5) is 6.54. The summed E-state index contributed by atoms with van der Waals surface area (Å²) in [7, 11) is 2.12. The van der Waals surface area contributed by atoms with E-state index in [2.05, 4.69) is 45.9 Å². The van der Waals surface area contributed by atoms with Crippen molar-refractivity contribution in [3.05, 3.63) is 28.5 Å². The van der Waals surface area contributed by atoms with E-state index in [-0.39, 0.29) is 12.1 Å². The lowest BCUT2D eigenvalue weighted by molar-refractivity contribution is 0.0685. The van der Waals surface area contributed by atoms with Gasteiger partial charge in [0, 0.05) is 42.1 Å². The van der Waals surface area contributed by atoms with Gasteiger partial charge in [0.25, 0.3) is 0 Å². The summed E-state index contributed by atoms with van der Waals surface area (Å²) in [6, 6.07) is 2.70. The van der Waals surface area contributed by atoms with Crippen LogP contribution < -0.4 is 5.73 Å². The lowest BCUT2D eigenvalue weighted by Gasteiger charge is -2.34. The molecular formula is C13H20BrN3O. The van der Waals surface area contributed by atoms with Gasteiger partial charge >= 0.3 is 0 Å². The molecule has 0 aliphatic carbocycles. The summed E-state index contributed by atoms with van der Waals surface area (Å²) in [5.41, 5.74) is 7.09. The van der Waals surface area contributed by atoms with Crippen LogP contribution in [0.1, 0.15) is 24.9 Å². The predicted molar refractivity (Wildman–Crippen MR) is 75.3 cm³/mol. The van der Waals surface area contributed by atoms with Gasteiger partial charge in [0.2, 0.25) is 0 Å². The fourth-order valence-electron chi connectivity index (χ4n) is 2.63. The van der Waals surface area contributed by atoms with Crippen molar-refractivity contribution in [1.82, 2.24) is 9.88 Å². The van der Waals surface area contributed by atoms with Gasteiger partial charge < -0.3 is 10.5 Å². The van der Waals surface area contributed by atoms with Crippen LogP contribution in [0.25, 0.3) is 0 Å². The number of hydrogen-bond acceptors (Lipinski definition) is 4. The van der Waals surface area contributed by atoms with Gasteiger partial charge in [0.1, 0.15) is 0 Å². The molecule has 3 unspecified atom stereocenters. The molecule has 2 heterocycles. The molecule has 0 spiro atoms. The van der Waals surface area contributed by atoms with Gasteiger partial charge in [-0.1, -0.05) is 0 Å². The highest BCUT2D eigenvalue weighted by Crippen LogP contribution is 2.27. The zero-order chi connectivity index (χ0) is 13.1. The minimum atomic E-state index is 0.184. The monoisotopic (exact) mass is 313 g/mol. The molecule has 0 bridgehead atoms. The van der Waals surface area contributed by atoms with Crippen molar-refractivity contribution >= 4 is 15.9 Å². The first-order valence-electron chi connectivity index (χ1n) is 6.27. The van der Waals surface area contributed by atoms with Crippen LogP contribution in [0.15, 0.2) is 22.9 Å². The van der Waals surface area contributed by atoms with Crippen LogP contribution in [0, 0.1) is 0 Å². The van der Waals surface area contributed by atoms with Crippen molar-refractivity contribution in [1.29, 1.82) is 0 Å². The van der Waals surface area contributed by atoms with E-state index in [1.165, 1.54) is 0 Å². The van der Waals surface area contributed by atoms with E-state index in [1.807, 2.05) is 6.20 Å². The van der Waals surface area contributed by atoms with Crippen molar-refractivity contribution in [3.8, 4) is 0 Å².